The number of hydrogen-bond acceptors (Lipinski definition) is 2. The van der Waals surface area contributed by atoms with Crippen molar-refractivity contribution >= 4 is 23.3 Å². The molecule has 0 bridgehead atoms. The number of rotatable bonds is 3. The van der Waals surface area contributed by atoms with Gasteiger partial charge in [-0.15, -0.1) is 11.3 Å². The lowest BCUT2D eigenvalue weighted by molar-refractivity contribution is 1.08. The van der Waals surface area contributed by atoms with Gasteiger partial charge in [0.05, 0.1) is 6.54 Å². The Morgan fingerprint density at radius 2 is 1.93 bits per heavy atom. The van der Waals surface area contributed by atoms with Crippen LogP contribution in [-0.2, 0) is 13.0 Å². The van der Waals surface area contributed by atoms with E-state index >= 15 is 0 Å². The molecule has 1 aromatic rings. The lowest BCUT2D eigenvalue weighted by atomic mass is 10.4. The van der Waals surface area contributed by atoms with Gasteiger partial charge in [-0.3, -0.25) is 0 Å². The zero-order valence-corrected chi connectivity index (χ0v) is 9.42. The van der Waals surface area contributed by atoms with Gasteiger partial charge in [0.15, 0.2) is 5.96 Å². The Bertz CT molecular complexity index is 376. The van der Waals surface area contributed by atoms with Crippen LogP contribution in [0.3, 0.4) is 0 Å². The van der Waals surface area contributed by atoms with Crippen LogP contribution in [0, 0.1) is 0 Å². The van der Waals surface area contributed by atoms with Crippen molar-refractivity contribution in [2.75, 3.05) is 0 Å². The van der Waals surface area contributed by atoms with Crippen LogP contribution in [0.25, 0.3) is 0 Å². The van der Waals surface area contributed by atoms with Crippen LogP contribution in [0.5, 0.6) is 0 Å². The minimum Gasteiger partial charge on any atom is -0.370 e. The highest BCUT2D eigenvalue weighted by Gasteiger charge is 1.97. The largest absolute Gasteiger partial charge is 0.370 e. The standard InChI is InChI=1S/C9H15N5S/c1-2-6-3-4-7(15-6)5-13-9(12)14-8(10)11/h3-4H,2,5H2,1H3,(H6,10,11,12,13,14). The van der Waals surface area contributed by atoms with E-state index in [1.54, 1.807) is 11.3 Å². The second kappa shape index (κ2) is 5.35. The molecule has 1 heterocycles. The number of nitrogens with zero attached hydrogens (tertiary/aromatic N) is 2. The molecule has 0 saturated carbocycles. The fraction of sp³-hybridized carbons (Fsp3) is 0.333. The third-order valence-corrected chi connectivity index (χ3v) is 2.92. The van der Waals surface area contributed by atoms with Crippen LogP contribution in [-0.4, -0.2) is 11.9 Å². The zero-order chi connectivity index (χ0) is 11.3. The van der Waals surface area contributed by atoms with E-state index in [0.717, 1.165) is 11.3 Å². The predicted molar refractivity (Wildman–Crippen MR) is 64.8 cm³/mol. The minimum absolute atomic E-state index is 0.0725. The summed E-state index contributed by atoms with van der Waals surface area (Å²) in [5.41, 5.74) is 15.8. The molecule has 0 aliphatic heterocycles. The quantitative estimate of drug-likeness (QED) is 0.512. The van der Waals surface area contributed by atoms with Gasteiger partial charge in [-0.05, 0) is 18.6 Å². The van der Waals surface area contributed by atoms with E-state index in [-0.39, 0.29) is 11.9 Å². The molecule has 0 unspecified atom stereocenters. The summed E-state index contributed by atoms with van der Waals surface area (Å²) in [4.78, 5) is 10.2. The maximum Gasteiger partial charge on any atom is 0.218 e. The van der Waals surface area contributed by atoms with E-state index < -0.39 is 0 Å². The number of aliphatic imine (C=N–C) groups is 2. The minimum atomic E-state index is -0.0725. The molecule has 0 spiro atoms. The Morgan fingerprint density at radius 1 is 1.27 bits per heavy atom. The Balaban J connectivity index is 2.59. The van der Waals surface area contributed by atoms with Crippen molar-refractivity contribution in [1.82, 2.24) is 0 Å². The van der Waals surface area contributed by atoms with Gasteiger partial charge in [-0.25, -0.2) is 4.99 Å². The number of hydrogen-bond donors (Lipinski definition) is 3. The first kappa shape index (κ1) is 11.5. The smallest absolute Gasteiger partial charge is 0.218 e. The van der Waals surface area contributed by atoms with Crippen molar-refractivity contribution in [2.45, 2.75) is 19.9 Å². The van der Waals surface area contributed by atoms with Crippen molar-refractivity contribution in [3.8, 4) is 0 Å². The molecule has 0 aromatic carbocycles. The summed E-state index contributed by atoms with van der Waals surface area (Å²) in [5.74, 6) is 0.0399. The van der Waals surface area contributed by atoms with E-state index in [1.807, 2.05) is 6.07 Å². The molecule has 0 amide bonds. The highest BCUT2D eigenvalue weighted by Crippen LogP contribution is 2.17. The van der Waals surface area contributed by atoms with Gasteiger partial charge in [0.1, 0.15) is 0 Å². The van der Waals surface area contributed by atoms with Gasteiger partial charge in [-0.2, -0.15) is 4.99 Å². The van der Waals surface area contributed by atoms with Gasteiger partial charge in [-0.1, -0.05) is 6.92 Å². The molecular weight excluding hydrogens is 210 g/mol. The second-order valence-electron chi connectivity index (χ2n) is 2.93. The number of thiophene rings is 1. The van der Waals surface area contributed by atoms with Crippen LogP contribution >= 0.6 is 11.3 Å². The molecule has 82 valence electrons. The highest BCUT2D eigenvalue weighted by molar-refractivity contribution is 7.11. The first-order chi connectivity index (χ1) is 7.11. The van der Waals surface area contributed by atoms with Crippen molar-refractivity contribution < 1.29 is 0 Å². The molecular formula is C9H15N5S. The Hall–Kier alpha value is -1.56. The maximum absolute atomic E-state index is 5.47. The van der Waals surface area contributed by atoms with Crippen LogP contribution in [0.15, 0.2) is 22.1 Å². The Morgan fingerprint density at radius 3 is 2.47 bits per heavy atom. The van der Waals surface area contributed by atoms with Gasteiger partial charge in [0.25, 0.3) is 0 Å². The molecule has 5 nitrogen and oxygen atoms in total. The average Bonchev–Trinajstić information content (AvgIpc) is 2.61. The lowest BCUT2D eigenvalue weighted by Crippen LogP contribution is -2.26. The molecule has 1 aromatic heterocycles. The van der Waals surface area contributed by atoms with Crippen LogP contribution in [0.4, 0.5) is 0 Å². The average molecular weight is 225 g/mol. The number of nitrogens with two attached hydrogens (primary N) is 3. The Labute approximate surface area is 92.7 Å². The van der Waals surface area contributed by atoms with E-state index in [9.17, 15) is 0 Å². The summed E-state index contributed by atoms with van der Waals surface area (Å²) in [6.45, 7) is 2.64. The monoisotopic (exact) mass is 225 g/mol. The zero-order valence-electron chi connectivity index (χ0n) is 8.60. The van der Waals surface area contributed by atoms with Crippen molar-refractivity contribution in [2.24, 2.45) is 27.2 Å². The third kappa shape index (κ3) is 3.99. The number of guanidine groups is 2. The molecule has 0 aliphatic rings. The molecule has 0 atom stereocenters. The van der Waals surface area contributed by atoms with Gasteiger partial charge >= 0.3 is 0 Å². The topological polar surface area (TPSA) is 103 Å². The number of aryl methyl sites for hydroxylation is 1. The predicted octanol–water partition coefficient (Wildman–Crippen LogP) is 0.399. The molecule has 0 aliphatic carbocycles. The molecule has 0 saturated heterocycles. The first-order valence-corrected chi connectivity index (χ1v) is 5.40. The first-order valence-electron chi connectivity index (χ1n) is 4.59. The second-order valence-corrected chi connectivity index (χ2v) is 4.19. The molecule has 15 heavy (non-hydrogen) atoms. The normalized spacial score (nSPS) is 11.4. The van der Waals surface area contributed by atoms with E-state index in [2.05, 4.69) is 23.0 Å². The van der Waals surface area contributed by atoms with Gasteiger partial charge in [0.2, 0.25) is 5.96 Å². The highest BCUT2D eigenvalue weighted by atomic mass is 32.1. The summed E-state index contributed by atoms with van der Waals surface area (Å²) in [7, 11) is 0. The third-order valence-electron chi connectivity index (χ3n) is 1.71. The van der Waals surface area contributed by atoms with E-state index in [0.29, 0.717) is 6.54 Å². The summed E-state index contributed by atoms with van der Waals surface area (Å²) in [6.07, 6.45) is 1.04. The van der Waals surface area contributed by atoms with Crippen molar-refractivity contribution in [3.63, 3.8) is 0 Å². The summed E-state index contributed by atoms with van der Waals surface area (Å²) in [6, 6.07) is 4.13. The summed E-state index contributed by atoms with van der Waals surface area (Å²) >= 11 is 1.72. The molecule has 6 N–H and O–H groups in total. The molecule has 1 rings (SSSR count). The summed E-state index contributed by atoms with van der Waals surface area (Å²) in [5, 5.41) is 0. The van der Waals surface area contributed by atoms with E-state index in [1.165, 1.54) is 4.88 Å². The van der Waals surface area contributed by atoms with Gasteiger partial charge < -0.3 is 17.2 Å². The fourth-order valence-corrected chi connectivity index (χ4v) is 1.91. The maximum atomic E-state index is 5.47. The lowest BCUT2D eigenvalue weighted by Gasteiger charge is -1.93. The van der Waals surface area contributed by atoms with Crippen LogP contribution in [0.2, 0.25) is 0 Å². The van der Waals surface area contributed by atoms with Crippen LogP contribution < -0.4 is 17.2 Å². The Kier molecular flexibility index (Phi) is 4.11. The molecule has 0 fully saturated rings. The van der Waals surface area contributed by atoms with E-state index in [4.69, 9.17) is 17.2 Å². The summed E-state index contributed by atoms with van der Waals surface area (Å²) < 4.78 is 0. The van der Waals surface area contributed by atoms with Crippen molar-refractivity contribution in [1.29, 1.82) is 0 Å². The van der Waals surface area contributed by atoms with Crippen LogP contribution in [0.1, 0.15) is 16.7 Å². The SMILES string of the molecule is CCc1ccc(CN=C(N)N=C(N)N)s1. The molecule has 6 heteroatoms. The fourth-order valence-electron chi connectivity index (χ4n) is 1.02. The van der Waals surface area contributed by atoms with Gasteiger partial charge in [0, 0.05) is 9.75 Å². The molecule has 0 radical (unpaired) electrons. The van der Waals surface area contributed by atoms with Crippen molar-refractivity contribution in [3.05, 3.63) is 21.9 Å².